The second-order valence-corrected chi connectivity index (χ2v) is 10.6. The molecule has 2 atom stereocenters. The lowest BCUT2D eigenvalue weighted by Gasteiger charge is -2.45. The van der Waals surface area contributed by atoms with Crippen LogP contribution in [-0.2, 0) is 9.84 Å². The van der Waals surface area contributed by atoms with Crippen LogP contribution in [0.5, 0.6) is 0 Å². The highest BCUT2D eigenvalue weighted by atomic mass is 32.2. The minimum atomic E-state index is -3.31. The van der Waals surface area contributed by atoms with Crippen LogP contribution in [0.3, 0.4) is 0 Å². The number of benzene rings is 1. The van der Waals surface area contributed by atoms with Gasteiger partial charge in [-0.2, -0.15) is 0 Å². The molecule has 0 spiro atoms. The van der Waals surface area contributed by atoms with E-state index < -0.39 is 15.1 Å². The number of rotatable bonds is 6. The topological polar surface area (TPSA) is 66.5 Å². The lowest BCUT2D eigenvalue weighted by Crippen LogP contribution is -2.55. The second-order valence-electron chi connectivity index (χ2n) is 8.12. The van der Waals surface area contributed by atoms with Crippen molar-refractivity contribution in [1.82, 2.24) is 10.2 Å². The van der Waals surface area contributed by atoms with Gasteiger partial charge in [0.25, 0.3) is 5.91 Å². The van der Waals surface area contributed by atoms with E-state index in [1.165, 1.54) is 25.0 Å². The number of nitrogens with zero attached hydrogens (tertiary/aromatic N) is 1. The van der Waals surface area contributed by atoms with E-state index in [4.69, 9.17) is 0 Å². The number of likely N-dealkylation sites (N-methyl/N-ethyl adjacent to an activating group) is 1. The van der Waals surface area contributed by atoms with Gasteiger partial charge in [0.15, 0.2) is 9.84 Å². The van der Waals surface area contributed by atoms with E-state index >= 15 is 0 Å². The monoisotopic (exact) mass is 380 g/mol. The van der Waals surface area contributed by atoms with E-state index in [1.54, 1.807) is 26.0 Å². The van der Waals surface area contributed by atoms with Gasteiger partial charge in [0.2, 0.25) is 0 Å². The van der Waals surface area contributed by atoms with Crippen molar-refractivity contribution < 1.29 is 13.2 Å². The minimum absolute atomic E-state index is 0.00571. The molecule has 146 valence electrons. The molecule has 6 heteroatoms. The van der Waals surface area contributed by atoms with Crippen LogP contribution in [0.4, 0.5) is 0 Å². The number of nitrogens with one attached hydrogen (secondary N) is 1. The highest BCUT2D eigenvalue weighted by Crippen LogP contribution is 2.35. The lowest BCUT2D eigenvalue weighted by atomic mass is 9.75. The highest BCUT2D eigenvalue weighted by Gasteiger charge is 2.37. The Hall–Kier alpha value is -1.40. The van der Waals surface area contributed by atoms with Gasteiger partial charge in [0, 0.05) is 17.6 Å². The first-order chi connectivity index (χ1) is 12.1. The van der Waals surface area contributed by atoms with Crippen LogP contribution < -0.4 is 5.32 Å². The number of sulfone groups is 1. The molecule has 1 aromatic rings. The molecule has 5 nitrogen and oxygen atoms in total. The number of amides is 1. The van der Waals surface area contributed by atoms with Gasteiger partial charge in [-0.25, -0.2) is 8.42 Å². The van der Waals surface area contributed by atoms with Crippen LogP contribution in [0, 0.1) is 5.92 Å². The summed E-state index contributed by atoms with van der Waals surface area (Å²) >= 11 is 0. The zero-order valence-electron chi connectivity index (χ0n) is 16.6. The number of carbonyl (C=O) groups excluding carboxylic acids is 1. The van der Waals surface area contributed by atoms with Crippen molar-refractivity contribution in [1.29, 1.82) is 0 Å². The molecule has 1 aliphatic carbocycles. The summed E-state index contributed by atoms with van der Waals surface area (Å²) < 4.78 is 24.4. The molecular formula is C20H32N2O3S. The number of hydrogen-bond acceptors (Lipinski definition) is 4. The van der Waals surface area contributed by atoms with Gasteiger partial charge in [0.1, 0.15) is 0 Å². The minimum Gasteiger partial charge on any atom is -0.350 e. The molecule has 0 saturated heterocycles. The van der Waals surface area contributed by atoms with Crippen molar-refractivity contribution in [2.45, 2.75) is 62.1 Å². The molecule has 26 heavy (non-hydrogen) atoms. The first-order valence-corrected chi connectivity index (χ1v) is 10.9. The molecule has 1 aliphatic rings. The maximum Gasteiger partial charge on any atom is 0.251 e. The van der Waals surface area contributed by atoms with Gasteiger partial charge >= 0.3 is 0 Å². The summed E-state index contributed by atoms with van der Waals surface area (Å²) in [5.74, 6) is 0.501. The zero-order chi connectivity index (χ0) is 19.5. The van der Waals surface area contributed by atoms with E-state index in [-0.39, 0.29) is 16.3 Å². The quantitative estimate of drug-likeness (QED) is 0.823. The predicted molar refractivity (Wildman–Crippen MR) is 105 cm³/mol. The molecule has 0 radical (unpaired) electrons. The standard InChI is InChI=1S/C20H32N2O3S/c1-15(2)26(24,25)18-10-8-17(9-11-18)19(23)21-14-20(22(4)5)12-6-7-16(3)13-20/h8-11,15-16H,6-7,12-14H2,1-5H3,(H,21,23)/t16-,20+/m0/s1. The van der Waals surface area contributed by atoms with Gasteiger partial charge in [-0.05, 0) is 71.0 Å². The van der Waals surface area contributed by atoms with E-state index in [0.29, 0.717) is 18.0 Å². The summed E-state index contributed by atoms with van der Waals surface area (Å²) in [7, 11) is 0.844. The summed E-state index contributed by atoms with van der Waals surface area (Å²) in [5, 5.41) is 2.59. The van der Waals surface area contributed by atoms with Gasteiger partial charge in [-0.15, -0.1) is 0 Å². The molecule has 1 saturated carbocycles. The van der Waals surface area contributed by atoms with Gasteiger partial charge < -0.3 is 10.2 Å². The Balaban J connectivity index is 2.08. The summed E-state index contributed by atoms with van der Waals surface area (Å²) in [6.45, 7) is 6.19. The Morgan fingerprint density at radius 3 is 2.38 bits per heavy atom. The number of hydrogen-bond donors (Lipinski definition) is 1. The van der Waals surface area contributed by atoms with E-state index in [2.05, 4.69) is 31.2 Å². The summed E-state index contributed by atoms with van der Waals surface area (Å²) in [5.41, 5.74) is 0.485. The third-order valence-corrected chi connectivity index (χ3v) is 7.83. The Bertz CT molecular complexity index is 726. The normalized spacial score (nSPS) is 24.0. The van der Waals surface area contributed by atoms with Crippen molar-refractivity contribution >= 4 is 15.7 Å². The molecular weight excluding hydrogens is 348 g/mol. The SMILES string of the molecule is CC(C)S(=O)(=O)c1ccc(C(=O)NC[C@@]2(N(C)C)CCC[C@H](C)C2)cc1. The van der Waals surface area contributed by atoms with Crippen molar-refractivity contribution in [2.75, 3.05) is 20.6 Å². The molecule has 0 heterocycles. The Labute approximate surface area is 158 Å². The van der Waals surface area contributed by atoms with Crippen LogP contribution >= 0.6 is 0 Å². The number of carbonyl (C=O) groups is 1. The van der Waals surface area contributed by atoms with E-state index in [0.717, 1.165) is 12.8 Å². The fourth-order valence-electron chi connectivity index (χ4n) is 3.77. The van der Waals surface area contributed by atoms with Crippen molar-refractivity contribution in [3.63, 3.8) is 0 Å². The summed E-state index contributed by atoms with van der Waals surface area (Å²) in [6.07, 6.45) is 4.58. The van der Waals surface area contributed by atoms with Crippen LogP contribution in [0.25, 0.3) is 0 Å². The molecule has 1 N–H and O–H groups in total. The van der Waals surface area contributed by atoms with Crippen LogP contribution in [0.1, 0.15) is 56.8 Å². The molecule has 1 amide bonds. The molecule has 0 aromatic heterocycles. The first-order valence-electron chi connectivity index (χ1n) is 9.38. The Kier molecular flexibility index (Phi) is 6.51. The molecule has 2 rings (SSSR count). The summed E-state index contributed by atoms with van der Waals surface area (Å²) in [6, 6.07) is 6.23. The molecule has 0 unspecified atom stereocenters. The van der Waals surface area contributed by atoms with Crippen LogP contribution in [0.15, 0.2) is 29.2 Å². The van der Waals surface area contributed by atoms with E-state index in [9.17, 15) is 13.2 Å². The highest BCUT2D eigenvalue weighted by molar-refractivity contribution is 7.92. The maximum atomic E-state index is 12.5. The van der Waals surface area contributed by atoms with Crippen molar-refractivity contribution in [3.8, 4) is 0 Å². The van der Waals surface area contributed by atoms with Gasteiger partial charge in [0.05, 0.1) is 10.1 Å². The third-order valence-electron chi connectivity index (χ3n) is 5.66. The fraction of sp³-hybridized carbons (Fsp3) is 0.650. The molecule has 0 aliphatic heterocycles. The predicted octanol–water partition coefficient (Wildman–Crippen LogP) is 3.11. The Morgan fingerprint density at radius 1 is 1.27 bits per heavy atom. The van der Waals surface area contributed by atoms with Gasteiger partial charge in [-0.1, -0.05) is 19.8 Å². The smallest absolute Gasteiger partial charge is 0.251 e. The average Bonchev–Trinajstić information content (AvgIpc) is 2.59. The fourth-order valence-corrected chi connectivity index (χ4v) is 4.83. The first kappa shape index (κ1) is 20.9. The molecule has 0 bridgehead atoms. The van der Waals surface area contributed by atoms with Crippen LogP contribution in [0.2, 0.25) is 0 Å². The second kappa shape index (κ2) is 8.09. The van der Waals surface area contributed by atoms with Crippen molar-refractivity contribution in [3.05, 3.63) is 29.8 Å². The molecule has 1 aromatic carbocycles. The largest absolute Gasteiger partial charge is 0.350 e. The summed E-state index contributed by atoms with van der Waals surface area (Å²) in [4.78, 5) is 15.0. The van der Waals surface area contributed by atoms with Gasteiger partial charge in [-0.3, -0.25) is 4.79 Å². The Morgan fingerprint density at radius 2 is 1.88 bits per heavy atom. The lowest BCUT2D eigenvalue weighted by molar-refractivity contribution is 0.0675. The van der Waals surface area contributed by atoms with E-state index in [1.807, 2.05) is 0 Å². The molecule has 1 fully saturated rings. The van der Waals surface area contributed by atoms with Crippen LogP contribution in [-0.4, -0.2) is 50.7 Å². The maximum absolute atomic E-state index is 12.5. The zero-order valence-corrected chi connectivity index (χ0v) is 17.4. The average molecular weight is 381 g/mol. The third kappa shape index (κ3) is 4.46. The van der Waals surface area contributed by atoms with Crippen molar-refractivity contribution in [2.24, 2.45) is 5.92 Å².